The number of ether oxygens (including phenoxy) is 1. The Kier molecular flexibility index (Phi) is 4.98. The Bertz CT molecular complexity index is 944. The number of hydrogen-bond acceptors (Lipinski definition) is 5. The van der Waals surface area contributed by atoms with Gasteiger partial charge >= 0.3 is 0 Å². The van der Waals surface area contributed by atoms with Crippen LogP contribution in [0.2, 0.25) is 0 Å². The minimum atomic E-state index is -0.447. The predicted molar refractivity (Wildman–Crippen MR) is 110 cm³/mol. The lowest BCUT2D eigenvalue weighted by Gasteiger charge is -2.44. The number of aromatic nitrogens is 2. The maximum Gasteiger partial charge on any atom is 0.227 e. The highest BCUT2D eigenvalue weighted by molar-refractivity contribution is 5.83. The van der Waals surface area contributed by atoms with E-state index in [2.05, 4.69) is 10.3 Å². The summed E-state index contributed by atoms with van der Waals surface area (Å²) < 4.78 is 6.33. The van der Waals surface area contributed by atoms with E-state index < -0.39 is 5.60 Å². The summed E-state index contributed by atoms with van der Waals surface area (Å²) in [7, 11) is 0. The summed E-state index contributed by atoms with van der Waals surface area (Å²) in [6.45, 7) is 2.40. The lowest BCUT2D eigenvalue weighted by molar-refractivity contribution is -0.146. The summed E-state index contributed by atoms with van der Waals surface area (Å²) in [5, 5.41) is 2.82. The molecule has 30 heavy (non-hydrogen) atoms. The minimum absolute atomic E-state index is 0.0396. The average molecular weight is 406 g/mol. The Balaban J connectivity index is 1.35. The molecule has 3 aliphatic heterocycles. The second-order valence-electron chi connectivity index (χ2n) is 8.39. The van der Waals surface area contributed by atoms with Crippen molar-refractivity contribution >= 4 is 11.8 Å². The fourth-order valence-corrected chi connectivity index (χ4v) is 4.81. The van der Waals surface area contributed by atoms with Crippen molar-refractivity contribution in [3.63, 3.8) is 0 Å². The van der Waals surface area contributed by atoms with Gasteiger partial charge in [-0.25, -0.2) is 9.97 Å². The van der Waals surface area contributed by atoms with Gasteiger partial charge < -0.3 is 15.0 Å². The third-order valence-corrected chi connectivity index (χ3v) is 6.58. The van der Waals surface area contributed by atoms with Gasteiger partial charge in [0, 0.05) is 37.8 Å². The van der Waals surface area contributed by atoms with Crippen molar-refractivity contribution in [1.82, 2.24) is 20.2 Å². The number of rotatable bonds is 2. The second-order valence-corrected chi connectivity index (χ2v) is 8.39. The van der Waals surface area contributed by atoms with E-state index in [4.69, 9.17) is 9.72 Å². The molecule has 1 N–H and O–H groups in total. The summed E-state index contributed by atoms with van der Waals surface area (Å²) in [5.41, 5.74) is 2.68. The fraction of sp³-hybridized carbons (Fsp3) is 0.478. The number of carbonyl (C=O) groups excluding carboxylic acids is 2. The summed E-state index contributed by atoms with van der Waals surface area (Å²) in [4.78, 5) is 35.8. The summed E-state index contributed by atoms with van der Waals surface area (Å²) in [6, 6.07) is 9.99. The Morgan fingerprint density at radius 3 is 2.70 bits per heavy atom. The van der Waals surface area contributed by atoms with E-state index in [1.807, 2.05) is 41.4 Å². The van der Waals surface area contributed by atoms with Crippen molar-refractivity contribution in [3.8, 4) is 11.4 Å². The van der Waals surface area contributed by atoms with Crippen LogP contribution in [0.5, 0.6) is 0 Å². The molecular formula is C23H26N4O3. The molecule has 1 spiro atoms. The number of hydrogen-bond donors (Lipinski definition) is 1. The number of fused-ring (bicyclic) bond motifs is 2. The maximum atomic E-state index is 12.9. The normalized spacial score (nSPS) is 23.0. The first-order valence-corrected chi connectivity index (χ1v) is 10.8. The fourth-order valence-electron chi connectivity index (χ4n) is 4.81. The highest BCUT2D eigenvalue weighted by Gasteiger charge is 2.44. The first-order chi connectivity index (χ1) is 14.6. The summed E-state index contributed by atoms with van der Waals surface area (Å²) >= 11 is 0. The zero-order chi connectivity index (χ0) is 20.6. The molecule has 0 bridgehead atoms. The molecule has 2 amide bonds. The first-order valence-electron chi connectivity index (χ1n) is 10.8. The van der Waals surface area contributed by atoms with Crippen molar-refractivity contribution in [2.75, 3.05) is 26.2 Å². The van der Waals surface area contributed by atoms with Crippen LogP contribution < -0.4 is 5.32 Å². The SMILES string of the molecule is O=C1CCC(C(=O)N2CCC3(CC2)OCCc2cnc(-c4ccccc4)nc23)CN1. The van der Waals surface area contributed by atoms with Gasteiger partial charge in [0.15, 0.2) is 5.82 Å². The molecule has 4 heterocycles. The summed E-state index contributed by atoms with van der Waals surface area (Å²) in [5.74, 6) is 0.797. The van der Waals surface area contributed by atoms with E-state index in [-0.39, 0.29) is 17.7 Å². The number of carbonyl (C=O) groups is 2. The molecule has 7 nitrogen and oxygen atoms in total. The van der Waals surface area contributed by atoms with E-state index in [9.17, 15) is 9.59 Å². The van der Waals surface area contributed by atoms with Crippen LogP contribution in [0.4, 0.5) is 0 Å². The average Bonchev–Trinajstić information content (AvgIpc) is 2.80. The van der Waals surface area contributed by atoms with Gasteiger partial charge in [0.05, 0.1) is 18.2 Å². The largest absolute Gasteiger partial charge is 0.368 e. The van der Waals surface area contributed by atoms with Gasteiger partial charge in [-0.1, -0.05) is 30.3 Å². The standard InChI is InChI=1S/C23H26N4O3/c28-19-7-6-18(15-24-19)22(29)27-11-9-23(10-12-27)20-17(8-13-30-23)14-25-21(26-20)16-4-2-1-3-5-16/h1-5,14,18H,6-13,15H2,(H,24,28). The Labute approximate surface area is 175 Å². The number of nitrogens with zero attached hydrogens (tertiary/aromatic N) is 3. The van der Waals surface area contributed by atoms with Crippen LogP contribution in [0.15, 0.2) is 36.5 Å². The maximum absolute atomic E-state index is 12.9. The van der Waals surface area contributed by atoms with Gasteiger partial charge in [0.1, 0.15) is 5.60 Å². The molecule has 0 aliphatic carbocycles. The number of likely N-dealkylation sites (tertiary alicyclic amines) is 1. The molecule has 1 aromatic heterocycles. The Morgan fingerprint density at radius 2 is 1.97 bits per heavy atom. The van der Waals surface area contributed by atoms with Gasteiger partial charge in [-0.3, -0.25) is 9.59 Å². The molecule has 5 rings (SSSR count). The van der Waals surface area contributed by atoms with E-state index in [1.165, 1.54) is 0 Å². The topological polar surface area (TPSA) is 84.4 Å². The Hall–Kier alpha value is -2.80. The monoisotopic (exact) mass is 406 g/mol. The smallest absolute Gasteiger partial charge is 0.227 e. The van der Waals surface area contributed by atoms with Crippen LogP contribution >= 0.6 is 0 Å². The van der Waals surface area contributed by atoms with Crippen molar-refractivity contribution in [3.05, 3.63) is 47.8 Å². The summed E-state index contributed by atoms with van der Waals surface area (Å²) in [6.07, 6.45) is 5.29. The van der Waals surface area contributed by atoms with Crippen LogP contribution in [0, 0.1) is 5.92 Å². The molecule has 2 aromatic rings. The van der Waals surface area contributed by atoms with Crippen molar-refractivity contribution in [2.24, 2.45) is 5.92 Å². The van der Waals surface area contributed by atoms with Gasteiger partial charge in [0.25, 0.3) is 0 Å². The molecule has 2 fully saturated rings. The van der Waals surface area contributed by atoms with E-state index in [0.29, 0.717) is 39.1 Å². The highest BCUT2D eigenvalue weighted by atomic mass is 16.5. The molecule has 1 unspecified atom stereocenters. The van der Waals surface area contributed by atoms with E-state index >= 15 is 0 Å². The highest BCUT2D eigenvalue weighted by Crippen LogP contribution is 2.41. The lowest BCUT2D eigenvalue weighted by Crippen LogP contribution is -2.52. The van der Waals surface area contributed by atoms with Crippen LogP contribution in [-0.4, -0.2) is 52.9 Å². The zero-order valence-electron chi connectivity index (χ0n) is 17.0. The molecule has 0 radical (unpaired) electrons. The minimum Gasteiger partial charge on any atom is -0.368 e. The first kappa shape index (κ1) is 19.2. The molecule has 156 valence electrons. The third-order valence-electron chi connectivity index (χ3n) is 6.58. The van der Waals surface area contributed by atoms with Crippen molar-refractivity contribution < 1.29 is 14.3 Å². The van der Waals surface area contributed by atoms with Crippen molar-refractivity contribution in [2.45, 2.75) is 37.7 Å². The van der Waals surface area contributed by atoms with Crippen LogP contribution in [0.1, 0.15) is 36.9 Å². The molecule has 0 saturated carbocycles. The quantitative estimate of drug-likeness (QED) is 0.825. The van der Waals surface area contributed by atoms with E-state index in [1.54, 1.807) is 0 Å². The number of nitrogens with one attached hydrogen (secondary N) is 1. The molecule has 2 saturated heterocycles. The van der Waals surface area contributed by atoms with Crippen LogP contribution in [0.3, 0.4) is 0 Å². The van der Waals surface area contributed by atoms with Crippen LogP contribution in [0.25, 0.3) is 11.4 Å². The molecule has 1 aromatic carbocycles. The molecule has 7 heteroatoms. The molecular weight excluding hydrogens is 380 g/mol. The van der Waals surface area contributed by atoms with E-state index in [0.717, 1.165) is 41.9 Å². The predicted octanol–water partition coefficient (Wildman–Crippen LogP) is 2.06. The zero-order valence-corrected chi connectivity index (χ0v) is 17.0. The number of piperidine rings is 2. The molecule has 3 aliphatic rings. The van der Waals surface area contributed by atoms with Gasteiger partial charge in [-0.2, -0.15) is 0 Å². The third kappa shape index (κ3) is 3.47. The Morgan fingerprint density at radius 1 is 1.17 bits per heavy atom. The van der Waals surface area contributed by atoms with Gasteiger partial charge in [0.2, 0.25) is 11.8 Å². The number of amides is 2. The number of benzene rings is 1. The molecule has 1 atom stereocenters. The second kappa shape index (κ2) is 7.80. The van der Waals surface area contributed by atoms with Gasteiger partial charge in [-0.05, 0) is 31.2 Å². The van der Waals surface area contributed by atoms with Crippen LogP contribution in [-0.2, 0) is 26.3 Å². The van der Waals surface area contributed by atoms with Gasteiger partial charge in [-0.15, -0.1) is 0 Å². The lowest BCUT2D eigenvalue weighted by atomic mass is 9.82. The van der Waals surface area contributed by atoms with Crippen molar-refractivity contribution in [1.29, 1.82) is 0 Å².